The molecule has 1 saturated heterocycles. The fourth-order valence-corrected chi connectivity index (χ4v) is 3.54. The second kappa shape index (κ2) is 7.99. The molecule has 0 aromatic carbocycles. The standard InChI is InChI=1S/C18H27N3O3S/c1-12-11-13(20-17(24)18(2,3)4)25-15(12)16(23)19-8-7-14(22)21-9-5-6-10-21/h11H,5-10H2,1-4H3,(H,19,23)(H,20,24). The van der Waals surface area contributed by atoms with Crippen LogP contribution in [0.1, 0.15) is 55.3 Å². The predicted octanol–water partition coefficient (Wildman–Crippen LogP) is 2.78. The third kappa shape index (κ3) is 5.29. The lowest BCUT2D eigenvalue weighted by Crippen LogP contribution is -2.32. The quantitative estimate of drug-likeness (QED) is 0.842. The highest BCUT2D eigenvalue weighted by Crippen LogP contribution is 2.28. The van der Waals surface area contributed by atoms with E-state index in [1.807, 2.05) is 32.6 Å². The van der Waals surface area contributed by atoms with Gasteiger partial charge in [0.25, 0.3) is 5.91 Å². The molecule has 25 heavy (non-hydrogen) atoms. The summed E-state index contributed by atoms with van der Waals surface area (Å²) in [5.41, 5.74) is 0.327. The number of hydrogen-bond acceptors (Lipinski definition) is 4. The Morgan fingerprint density at radius 3 is 2.44 bits per heavy atom. The number of carbonyl (C=O) groups is 3. The van der Waals surface area contributed by atoms with E-state index >= 15 is 0 Å². The molecule has 0 unspecified atom stereocenters. The number of likely N-dealkylation sites (tertiary alicyclic amines) is 1. The Labute approximate surface area is 153 Å². The first kappa shape index (κ1) is 19.4. The predicted molar refractivity (Wildman–Crippen MR) is 99.9 cm³/mol. The van der Waals surface area contributed by atoms with Crippen LogP contribution < -0.4 is 10.6 Å². The lowest BCUT2D eigenvalue weighted by atomic mass is 9.96. The molecule has 1 aliphatic heterocycles. The number of amides is 3. The Balaban J connectivity index is 1.87. The molecule has 0 aliphatic carbocycles. The molecule has 0 spiro atoms. The van der Waals surface area contributed by atoms with E-state index in [1.54, 1.807) is 6.07 Å². The summed E-state index contributed by atoms with van der Waals surface area (Å²) in [7, 11) is 0. The minimum atomic E-state index is -0.490. The zero-order valence-electron chi connectivity index (χ0n) is 15.4. The van der Waals surface area contributed by atoms with E-state index in [9.17, 15) is 14.4 Å². The molecule has 0 saturated carbocycles. The number of hydrogen-bond donors (Lipinski definition) is 2. The van der Waals surface area contributed by atoms with Crippen molar-refractivity contribution in [2.45, 2.75) is 47.0 Å². The van der Waals surface area contributed by atoms with Crippen LogP contribution in [0.4, 0.5) is 5.00 Å². The molecule has 138 valence electrons. The largest absolute Gasteiger partial charge is 0.351 e. The van der Waals surface area contributed by atoms with Crippen LogP contribution >= 0.6 is 11.3 Å². The van der Waals surface area contributed by atoms with Crippen LogP contribution in [0, 0.1) is 12.3 Å². The minimum absolute atomic E-state index is 0.0862. The summed E-state index contributed by atoms with van der Waals surface area (Å²) in [6, 6.07) is 1.80. The van der Waals surface area contributed by atoms with E-state index in [2.05, 4.69) is 10.6 Å². The molecule has 2 rings (SSSR count). The van der Waals surface area contributed by atoms with E-state index in [1.165, 1.54) is 11.3 Å². The normalized spacial score (nSPS) is 14.5. The first-order chi connectivity index (χ1) is 11.7. The lowest BCUT2D eigenvalue weighted by molar-refractivity contribution is -0.130. The Hall–Kier alpha value is -1.89. The molecule has 6 nitrogen and oxygen atoms in total. The van der Waals surface area contributed by atoms with Gasteiger partial charge in [0.2, 0.25) is 11.8 Å². The van der Waals surface area contributed by atoms with Crippen LogP contribution in [0.3, 0.4) is 0 Å². The highest BCUT2D eigenvalue weighted by Gasteiger charge is 2.23. The Morgan fingerprint density at radius 1 is 1.20 bits per heavy atom. The van der Waals surface area contributed by atoms with Gasteiger partial charge in [-0.05, 0) is 31.4 Å². The Kier molecular flexibility index (Phi) is 6.21. The van der Waals surface area contributed by atoms with Gasteiger partial charge >= 0.3 is 0 Å². The number of aryl methyl sites for hydroxylation is 1. The van der Waals surface area contributed by atoms with E-state index < -0.39 is 5.41 Å². The summed E-state index contributed by atoms with van der Waals surface area (Å²) in [6.07, 6.45) is 2.45. The van der Waals surface area contributed by atoms with Crippen molar-refractivity contribution < 1.29 is 14.4 Å². The third-order valence-electron chi connectivity index (χ3n) is 4.13. The molecule has 0 atom stereocenters. The van der Waals surface area contributed by atoms with Crippen molar-refractivity contribution in [3.8, 4) is 0 Å². The smallest absolute Gasteiger partial charge is 0.261 e. The average Bonchev–Trinajstić information content (AvgIpc) is 3.15. The fraction of sp³-hybridized carbons (Fsp3) is 0.611. The van der Waals surface area contributed by atoms with Gasteiger partial charge in [0, 0.05) is 31.5 Å². The molecule has 2 heterocycles. The number of nitrogens with zero attached hydrogens (tertiary/aromatic N) is 1. The van der Waals surface area contributed by atoms with Crippen molar-refractivity contribution >= 4 is 34.1 Å². The second-order valence-corrected chi connectivity index (χ2v) is 8.47. The van der Waals surface area contributed by atoms with E-state index in [4.69, 9.17) is 0 Å². The lowest BCUT2D eigenvalue weighted by Gasteiger charge is -2.16. The maximum Gasteiger partial charge on any atom is 0.261 e. The second-order valence-electron chi connectivity index (χ2n) is 7.42. The van der Waals surface area contributed by atoms with Gasteiger partial charge in [-0.1, -0.05) is 20.8 Å². The molecule has 1 fully saturated rings. The van der Waals surface area contributed by atoms with Crippen LogP contribution in [-0.4, -0.2) is 42.3 Å². The Bertz CT molecular complexity index is 655. The molecule has 2 N–H and O–H groups in total. The topological polar surface area (TPSA) is 78.5 Å². The van der Waals surface area contributed by atoms with Gasteiger partial charge < -0.3 is 15.5 Å². The highest BCUT2D eigenvalue weighted by molar-refractivity contribution is 7.18. The van der Waals surface area contributed by atoms with E-state index in [-0.39, 0.29) is 17.7 Å². The minimum Gasteiger partial charge on any atom is -0.351 e. The number of nitrogens with one attached hydrogen (secondary N) is 2. The summed E-state index contributed by atoms with van der Waals surface area (Å²) < 4.78 is 0. The van der Waals surface area contributed by atoms with Crippen molar-refractivity contribution in [1.82, 2.24) is 10.2 Å². The molecular weight excluding hydrogens is 338 g/mol. The van der Waals surface area contributed by atoms with Crippen LogP contribution in [0.2, 0.25) is 0 Å². The van der Waals surface area contributed by atoms with Crippen molar-refractivity contribution in [1.29, 1.82) is 0 Å². The van der Waals surface area contributed by atoms with Gasteiger partial charge in [0.05, 0.1) is 9.88 Å². The highest BCUT2D eigenvalue weighted by atomic mass is 32.1. The monoisotopic (exact) mass is 365 g/mol. The van der Waals surface area contributed by atoms with Crippen LogP contribution in [-0.2, 0) is 9.59 Å². The molecule has 1 aromatic rings. The third-order valence-corrected chi connectivity index (χ3v) is 5.28. The molecule has 3 amide bonds. The van der Waals surface area contributed by atoms with E-state index in [0.717, 1.165) is 31.5 Å². The molecule has 0 bridgehead atoms. The molecule has 7 heteroatoms. The van der Waals surface area contributed by atoms with Crippen LogP contribution in [0.15, 0.2) is 6.07 Å². The SMILES string of the molecule is Cc1cc(NC(=O)C(C)(C)C)sc1C(=O)NCCC(=O)N1CCCC1. The van der Waals surface area contributed by atoms with Gasteiger partial charge in [0.15, 0.2) is 0 Å². The number of thiophene rings is 1. The summed E-state index contributed by atoms with van der Waals surface area (Å²) in [4.78, 5) is 38.8. The van der Waals surface area contributed by atoms with Crippen LogP contribution in [0.5, 0.6) is 0 Å². The first-order valence-electron chi connectivity index (χ1n) is 8.66. The van der Waals surface area contributed by atoms with Crippen molar-refractivity contribution in [2.24, 2.45) is 5.41 Å². The molecule has 0 radical (unpaired) electrons. The number of rotatable bonds is 5. The van der Waals surface area contributed by atoms with Crippen LogP contribution in [0.25, 0.3) is 0 Å². The average molecular weight is 365 g/mol. The number of anilines is 1. The summed E-state index contributed by atoms with van der Waals surface area (Å²) in [5, 5.41) is 6.31. The van der Waals surface area contributed by atoms with Crippen molar-refractivity contribution in [2.75, 3.05) is 25.0 Å². The Morgan fingerprint density at radius 2 is 1.84 bits per heavy atom. The summed E-state index contributed by atoms with van der Waals surface area (Å²) in [5.74, 6) is -0.191. The van der Waals surface area contributed by atoms with Gasteiger partial charge in [-0.3, -0.25) is 14.4 Å². The van der Waals surface area contributed by atoms with Gasteiger partial charge in [-0.15, -0.1) is 11.3 Å². The zero-order valence-corrected chi connectivity index (χ0v) is 16.2. The molecular formula is C18H27N3O3S. The van der Waals surface area contributed by atoms with Gasteiger partial charge in [-0.25, -0.2) is 0 Å². The van der Waals surface area contributed by atoms with Crippen molar-refractivity contribution in [3.05, 3.63) is 16.5 Å². The van der Waals surface area contributed by atoms with Gasteiger partial charge in [-0.2, -0.15) is 0 Å². The first-order valence-corrected chi connectivity index (χ1v) is 9.48. The maximum absolute atomic E-state index is 12.3. The molecule has 1 aliphatic rings. The maximum atomic E-state index is 12.3. The number of carbonyl (C=O) groups excluding carboxylic acids is 3. The fourth-order valence-electron chi connectivity index (χ4n) is 2.56. The molecule has 1 aromatic heterocycles. The summed E-state index contributed by atoms with van der Waals surface area (Å²) in [6.45, 7) is 9.35. The summed E-state index contributed by atoms with van der Waals surface area (Å²) >= 11 is 1.26. The van der Waals surface area contributed by atoms with E-state index in [0.29, 0.717) is 22.8 Å². The van der Waals surface area contributed by atoms with Gasteiger partial charge in [0.1, 0.15) is 0 Å². The zero-order chi connectivity index (χ0) is 18.6. The van der Waals surface area contributed by atoms with Crippen molar-refractivity contribution in [3.63, 3.8) is 0 Å².